The molecule has 19 heavy (non-hydrogen) atoms. The van der Waals surface area contributed by atoms with E-state index in [1.165, 1.54) is 27.8 Å². The molecule has 0 saturated carbocycles. The van der Waals surface area contributed by atoms with Crippen LogP contribution in [-0.2, 0) is 6.42 Å². The van der Waals surface area contributed by atoms with Crippen molar-refractivity contribution >= 4 is 0 Å². The van der Waals surface area contributed by atoms with Crippen LogP contribution >= 0.6 is 0 Å². The summed E-state index contributed by atoms with van der Waals surface area (Å²) in [5.74, 6) is 0.615. The van der Waals surface area contributed by atoms with Crippen LogP contribution in [0, 0.1) is 6.92 Å². The van der Waals surface area contributed by atoms with Crippen molar-refractivity contribution in [3.05, 3.63) is 59.2 Å². The predicted octanol–water partition coefficient (Wildman–Crippen LogP) is 3.91. The number of hydrogen-bond acceptors (Lipinski definition) is 1. The lowest BCUT2D eigenvalue weighted by Crippen LogP contribution is -2.18. The SMILES string of the molecule is Cc1ccc(-c2ccc3c(c2)CCNCC3C)cc1. The van der Waals surface area contributed by atoms with E-state index < -0.39 is 0 Å². The fraction of sp³-hybridized carbons (Fsp3) is 0.333. The van der Waals surface area contributed by atoms with Crippen LogP contribution in [0.4, 0.5) is 0 Å². The Balaban J connectivity index is 2.01. The first kappa shape index (κ1) is 12.4. The van der Waals surface area contributed by atoms with Crippen LogP contribution in [0.2, 0.25) is 0 Å². The molecular weight excluding hydrogens is 230 g/mol. The maximum atomic E-state index is 3.51. The maximum Gasteiger partial charge on any atom is 0.00177 e. The van der Waals surface area contributed by atoms with Crippen molar-refractivity contribution in [3.8, 4) is 11.1 Å². The van der Waals surface area contributed by atoms with Crippen molar-refractivity contribution in [1.82, 2.24) is 5.32 Å². The van der Waals surface area contributed by atoms with Crippen molar-refractivity contribution in [2.45, 2.75) is 26.2 Å². The Hall–Kier alpha value is -1.60. The molecule has 1 heteroatoms. The summed E-state index contributed by atoms with van der Waals surface area (Å²) in [6.07, 6.45) is 1.14. The minimum atomic E-state index is 0.615. The summed E-state index contributed by atoms with van der Waals surface area (Å²) in [7, 11) is 0. The summed E-state index contributed by atoms with van der Waals surface area (Å²) >= 11 is 0. The van der Waals surface area contributed by atoms with Gasteiger partial charge in [-0.15, -0.1) is 0 Å². The Labute approximate surface area is 115 Å². The third kappa shape index (κ3) is 2.57. The molecular formula is C18H21N. The Bertz CT molecular complexity index is 569. The third-order valence-electron chi connectivity index (χ3n) is 4.08. The molecule has 1 heterocycles. The molecule has 0 fully saturated rings. The average molecular weight is 251 g/mol. The first-order chi connectivity index (χ1) is 9.24. The van der Waals surface area contributed by atoms with Crippen LogP contribution in [0.5, 0.6) is 0 Å². The molecule has 0 amide bonds. The van der Waals surface area contributed by atoms with Gasteiger partial charge in [-0.2, -0.15) is 0 Å². The normalized spacial score (nSPS) is 18.7. The number of aryl methyl sites for hydroxylation is 1. The zero-order chi connectivity index (χ0) is 13.2. The van der Waals surface area contributed by atoms with Crippen LogP contribution in [0.1, 0.15) is 29.5 Å². The second-order valence-electron chi connectivity index (χ2n) is 5.63. The summed E-state index contributed by atoms with van der Waals surface area (Å²) in [6.45, 7) is 6.63. The number of benzene rings is 2. The van der Waals surface area contributed by atoms with E-state index in [-0.39, 0.29) is 0 Å². The molecule has 1 atom stereocenters. The molecule has 1 N–H and O–H groups in total. The Morgan fingerprint density at radius 1 is 1.00 bits per heavy atom. The zero-order valence-corrected chi connectivity index (χ0v) is 11.7. The number of nitrogens with one attached hydrogen (secondary N) is 1. The zero-order valence-electron chi connectivity index (χ0n) is 11.7. The molecule has 1 aliphatic rings. The number of fused-ring (bicyclic) bond motifs is 1. The van der Waals surface area contributed by atoms with Gasteiger partial charge in [0.15, 0.2) is 0 Å². The van der Waals surface area contributed by atoms with Crippen molar-refractivity contribution in [2.75, 3.05) is 13.1 Å². The van der Waals surface area contributed by atoms with Crippen molar-refractivity contribution in [1.29, 1.82) is 0 Å². The molecule has 0 spiro atoms. The minimum absolute atomic E-state index is 0.615. The topological polar surface area (TPSA) is 12.0 Å². The van der Waals surface area contributed by atoms with Crippen molar-refractivity contribution in [3.63, 3.8) is 0 Å². The van der Waals surface area contributed by atoms with Crippen LogP contribution in [0.25, 0.3) is 11.1 Å². The van der Waals surface area contributed by atoms with Gasteiger partial charge in [0.1, 0.15) is 0 Å². The summed E-state index contributed by atoms with van der Waals surface area (Å²) < 4.78 is 0. The van der Waals surface area contributed by atoms with Crippen LogP contribution < -0.4 is 5.32 Å². The number of rotatable bonds is 1. The highest BCUT2D eigenvalue weighted by atomic mass is 14.9. The molecule has 2 aromatic carbocycles. The lowest BCUT2D eigenvalue weighted by molar-refractivity contribution is 0.644. The van der Waals surface area contributed by atoms with Gasteiger partial charge in [-0.1, -0.05) is 55.0 Å². The van der Waals surface area contributed by atoms with E-state index in [0.29, 0.717) is 5.92 Å². The molecule has 3 rings (SSSR count). The van der Waals surface area contributed by atoms with E-state index in [9.17, 15) is 0 Å². The molecule has 1 nitrogen and oxygen atoms in total. The van der Waals surface area contributed by atoms with E-state index in [0.717, 1.165) is 19.5 Å². The van der Waals surface area contributed by atoms with E-state index in [1.807, 2.05) is 0 Å². The maximum absolute atomic E-state index is 3.51. The highest BCUT2D eigenvalue weighted by Crippen LogP contribution is 2.28. The van der Waals surface area contributed by atoms with Gasteiger partial charge in [-0.05, 0) is 48.1 Å². The van der Waals surface area contributed by atoms with Gasteiger partial charge in [-0.25, -0.2) is 0 Å². The standard InChI is InChI=1S/C18H21N/c1-13-3-5-15(6-4-13)16-7-8-18-14(2)12-19-10-9-17(18)11-16/h3-8,11,14,19H,9-10,12H2,1-2H3. The first-order valence-electron chi connectivity index (χ1n) is 7.14. The predicted molar refractivity (Wildman–Crippen MR) is 81.6 cm³/mol. The van der Waals surface area contributed by atoms with Gasteiger partial charge >= 0.3 is 0 Å². The van der Waals surface area contributed by atoms with Crippen LogP contribution in [-0.4, -0.2) is 13.1 Å². The van der Waals surface area contributed by atoms with E-state index in [1.54, 1.807) is 0 Å². The molecule has 1 aliphatic heterocycles. The van der Waals surface area contributed by atoms with E-state index in [4.69, 9.17) is 0 Å². The average Bonchev–Trinajstić information content (AvgIpc) is 2.61. The smallest absolute Gasteiger partial charge is 0.00177 e. The quantitative estimate of drug-likeness (QED) is 0.810. The summed E-state index contributed by atoms with van der Waals surface area (Å²) in [4.78, 5) is 0. The molecule has 2 aromatic rings. The van der Waals surface area contributed by atoms with Crippen molar-refractivity contribution in [2.24, 2.45) is 0 Å². The molecule has 1 unspecified atom stereocenters. The van der Waals surface area contributed by atoms with Gasteiger partial charge in [0, 0.05) is 6.54 Å². The second kappa shape index (κ2) is 5.18. The van der Waals surface area contributed by atoms with Crippen LogP contribution in [0.3, 0.4) is 0 Å². The van der Waals surface area contributed by atoms with Gasteiger partial charge in [0.2, 0.25) is 0 Å². The molecule has 0 radical (unpaired) electrons. The Morgan fingerprint density at radius 2 is 1.74 bits per heavy atom. The van der Waals surface area contributed by atoms with E-state index >= 15 is 0 Å². The Morgan fingerprint density at radius 3 is 2.53 bits per heavy atom. The monoisotopic (exact) mass is 251 g/mol. The van der Waals surface area contributed by atoms with Crippen molar-refractivity contribution < 1.29 is 0 Å². The van der Waals surface area contributed by atoms with Gasteiger partial charge in [-0.3, -0.25) is 0 Å². The minimum Gasteiger partial charge on any atom is -0.316 e. The lowest BCUT2D eigenvalue weighted by Gasteiger charge is -2.14. The second-order valence-corrected chi connectivity index (χ2v) is 5.63. The Kier molecular flexibility index (Phi) is 3.39. The highest BCUT2D eigenvalue weighted by Gasteiger charge is 2.14. The lowest BCUT2D eigenvalue weighted by atomic mass is 9.92. The van der Waals surface area contributed by atoms with Gasteiger partial charge in [0.05, 0.1) is 0 Å². The van der Waals surface area contributed by atoms with Crippen LogP contribution in [0.15, 0.2) is 42.5 Å². The van der Waals surface area contributed by atoms with E-state index in [2.05, 4.69) is 61.6 Å². The van der Waals surface area contributed by atoms with Gasteiger partial charge < -0.3 is 5.32 Å². The first-order valence-corrected chi connectivity index (χ1v) is 7.14. The number of hydrogen-bond donors (Lipinski definition) is 1. The largest absolute Gasteiger partial charge is 0.316 e. The molecule has 0 bridgehead atoms. The summed E-state index contributed by atoms with van der Waals surface area (Å²) in [5.41, 5.74) is 7.00. The summed E-state index contributed by atoms with van der Waals surface area (Å²) in [5, 5.41) is 3.51. The fourth-order valence-electron chi connectivity index (χ4n) is 2.88. The summed E-state index contributed by atoms with van der Waals surface area (Å²) in [6, 6.07) is 15.8. The highest BCUT2D eigenvalue weighted by molar-refractivity contribution is 5.65. The molecule has 0 aliphatic carbocycles. The third-order valence-corrected chi connectivity index (χ3v) is 4.08. The fourth-order valence-corrected chi connectivity index (χ4v) is 2.88. The molecule has 0 aromatic heterocycles. The van der Waals surface area contributed by atoms with Gasteiger partial charge in [0.25, 0.3) is 0 Å². The molecule has 98 valence electrons. The molecule has 0 saturated heterocycles.